The van der Waals surface area contributed by atoms with Crippen molar-refractivity contribution in [1.29, 1.82) is 0 Å². The Hall–Kier alpha value is -2.49. The fourth-order valence-corrected chi connectivity index (χ4v) is 4.57. The Bertz CT molecular complexity index is 1120. The van der Waals surface area contributed by atoms with Crippen LogP contribution in [0.3, 0.4) is 0 Å². The summed E-state index contributed by atoms with van der Waals surface area (Å²) in [6.45, 7) is 5.86. The summed E-state index contributed by atoms with van der Waals surface area (Å²) in [4.78, 5) is 38.4. The maximum atomic E-state index is 12.9. The highest BCUT2D eigenvalue weighted by molar-refractivity contribution is 9.10. The van der Waals surface area contributed by atoms with Gasteiger partial charge in [0, 0.05) is 9.50 Å². The minimum absolute atomic E-state index is 0.162. The first kappa shape index (κ1) is 26.1. The Morgan fingerprint density at radius 3 is 2.44 bits per heavy atom. The fraction of sp³-hybridized carbons (Fsp3) is 0.292. The van der Waals surface area contributed by atoms with Crippen molar-refractivity contribution in [3.8, 4) is 11.5 Å². The third kappa shape index (κ3) is 6.14. The van der Waals surface area contributed by atoms with Gasteiger partial charge in [0.15, 0.2) is 11.5 Å². The van der Waals surface area contributed by atoms with Gasteiger partial charge in [0.2, 0.25) is 0 Å². The highest BCUT2D eigenvalue weighted by Gasteiger charge is 2.41. The molecule has 180 valence electrons. The quantitative estimate of drug-likeness (QED) is 0.268. The number of amides is 2. The van der Waals surface area contributed by atoms with Crippen molar-refractivity contribution < 1.29 is 28.6 Å². The molecule has 2 amide bonds. The van der Waals surface area contributed by atoms with Crippen molar-refractivity contribution in [1.82, 2.24) is 4.90 Å². The number of hydrogen-bond donors (Lipinski definition) is 0. The molecule has 1 aliphatic rings. The van der Waals surface area contributed by atoms with Crippen LogP contribution < -0.4 is 9.47 Å². The standard InChI is InChI=1S/C24H23BrClNO6S/c1-4-31-19-10-16(18(25)12-20(19)33-13-15-6-8-17(26)9-7-15)11-21-22(28)27(24(30)34-21)14(3)23(29)32-5-2/h6-12,14H,4-5,13H2,1-3H3/b21-11+/t14-/m1/s1. The topological polar surface area (TPSA) is 82.1 Å². The number of halogens is 2. The van der Waals surface area contributed by atoms with E-state index in [1.165, 1.54) is 6.92 Å². The molecule has 0 bridgehead atoms. The number of thioether (sulfide) groups is 1. The van der Waals surface area contributed by atoms with E-state index in [9.17, 15) is 14.4 Å². The predicted octanol–water partition coefficient (Wildman–Crippen LogP) is 6.07. The highest BCUT2D eigenvalue weighted by atomic mass is 79.9. The van der Waals surface area contributed by atoms with Crippen molar-refractivity contribution in [3.05, 3.63) is 61.9 Å². The highest BCUT2D eigenvalue weighted by Crippen LogP contribution is 2.39. The van der Waals surface area contributed by atoms with Crippen LogP contribution in [0.2, 0.25) is 5.02 Å². The summed E-state index contributed by atoms with van der Waals surface area (Å²) >= 11 is 10.2. The van der Waals surface area contributed by atoms with Gasteiger partial charge >= 0.3 is 5.97 Å². The van der Waals surface area contributed by atoms with Crippen LogP contribution in [0.4, 0.5) is 4.79 Å². The van der Waals surface area contributed by atoms with Crippen LogP contribution in [-0.2, 0) is 20.9 Å². The van der Waals surface area contributed by atoms with Crippen molar-refractivity contribution in [2.75, 3.05) is 13.2 Å². The summed E-state index contributed by atoms with van der Waals surface area (Å²) in [6.07, 6.45) is 1.58. The fourth-order valence-electron chi connectivity index (χ4n) is 3.11. The molecule has 1 aliphatic heterocycles. The van der Waals surface area contributed by atoms with Crippen molar-refractivity contribution in [2.45, 2.75) is 33.4 Å². The summed E-state index contributed by atoms with van der Waals surface area (Å²) in [5.74, 6) is -0.175. The zero-order valence-electron chi connectivity index (χ0n) is 18.8. The molecule has 34 heavy (non-hydrogen) atoms. The summed E-state index contributed by atoms with van der Waals surface area (Å²) in [7, 11) is 0. The molecule has 0 aromatic heterocycles. The summed E-state index contributed by atoms with van der Waals surface area (Å²) in [5.41, 5.74) is 1.56. The second kappa shape index (κ2) is 11.8. The second-order valence-corrected chi connectivity index (χ2v) is 9.43. The summed E-state index contributed by atoms with van der Waals surface area (Å²) < 4.78 is 17.3. The lowest BCUT2D eigenvalue weighted by atomic mass is 10.1. The van der Waals surface area contributed by atoms with Gasteiger partial charge in [0.25, 0.3) is 11.1 Å². The van der Waals surface area contributed by atoms with Crippen LogP contribution >= 0.6 is 39.3 Å². The average Bonchev–Trinajstić information content (AvgIpc) is 3.08. The minimum Gasteiger partial charge on any atom is -0.490 e. The molecule has 2 aromatic carbocycles. The molecular formula is C24H23BrClNO6S. The van der Waals surface area contributed by atoms with E-state index < -0.39 is 23.2 Å². The molecule has 0 saturated carbocycles. The molecule has 3 rings (SSSR count). The molecule has 0 spiro atoms. The van der Waals surface area contributed by atoms with E-state index >= 15 is 0 Å². The Balaban J connectivity index is 1.84. The monoisotopic (exact) mass is 567 g/mol. The third-order valence-electron chi connectivity index (χ3n) is 4.80. The zero-order chi connectivity index (χ0) is 24.8. The number of ether oxygens (including phenoxy) is 3. The molecular weight excluding hydrogens is 546 g/mol. The van der Waals surface area contributed by atoms with Gasteiger partial charge in [-0.05, 0) is 74.0 Å². The first-order valence-electron chi connectivity index (χ1n) is 10.5. The predicted molar refractivity (Wildman–Crippen MR) is 135 cm³/mol. The maximum absolute atomic E-state index is 12.9. The van der Waals surface area contributed by atoms with Crippen molar-refractivity contribution in [3.63, 3.8) is 0 Å². The molecule has 1 saturated heterocycles. The van der Waals surface area contributed by atoms with Crippen LogP contribution in [-0.4, -0.2) is 41.3 Å². The molecule has 1 fully saturated rings. The van der Waals surface area contributed by atoms with Gasteiger partial charge in [-0.25, -0.2) is 4.79 Å². The molecule has 1 atom stereocenters. The van der Waals surface area contributed by atoms with Crippen LogP contribution in [0.15, 0.2) is 45.8 Å². The lowest BCUT2D eigenvalue weighted by Crippen LogP contribution is -2.42. The number of hydrogen-bond acceptors (Lipinski definition) is 7. The number of imide groups is 1. The Kier molecular flexibility index (Phi) is 9.04. The van der Waals surface area contributed by atoms with E-state index in [0.29, 0.717) is 39.8 Å². The van der Waals surface area contributed by atoms with Crippen LogP contribution in [0.5, 0.6) is 11.5 Å². The van der Waals surface area contributed by atoms with E-state index in [-0.39, 0.29) is 11.5 Å². The smallest absolute Gasteiger partial charge is 0.329 e. The average molecular weight is 569 g/mol. The van der Waals surface area contributed by atoms with Gasteiger partial charge in [-0.3, -0.25) is 14.5 Å². The van der Waals surface area contributed by atoms with Gasteiger partial charge in [-0.2, -0.15) is 0 Å². The Labute approximate surface area is 215 Å². The molecule has 10 heteroatoms. The molecule has 2 aromatic rings. The van der Waals surface area contributed by atoms with Crippen LogP contribution in [0.25, 0.3) is 6.08 Å². The SMILES string of the molecule is CCOC(=O)[C@@H](C)N1C(=O)S/C(=C/c2cc(OCC)c(OCc3ccc(Cl)cc3)cc2Br)C1=O. The van der Waals surface area contributed by atoms with Gasteiger partial charge in [0.1, 0.15) is 12.6 Å². The minimum atomic E-state index is -1.01. The number of rotatable bonds is 9. The van der Waals surface area contributed by atoms with Crippen molar-refractivity contribution >= 4 is 62.5 Å². The molecule has 0 radical (unpaired) electrons. The van der Waals surface area contributed by atoms with Gasteiger partial charge in [-0.1, -0.05) is 39.7 Å². The molecule has 1 heterocycles. The Morgan fingerprint density at radius 1 is 1.12 bits per heavy atom. The van der Waals surface area contributed by atoms with Gasteiger partial charge in [0.05, 0.1) is 18.1 Å². The van der Waals surface area contributed by atoms with Gasteiger partial charge < -0.3 is 14.2 Å². The first-order valence-corrected chi connectivity index (χ1v) is 12.5. The zero-order valence-corrected chi connectivity index (χ0v) is 22.0. The Morgan fingerprint density at radius 2 is 1.79 bits per heavy atom. The third-order valence-corrected chi connectivity index (χ3v) is 6.62. The summed E-state index contributed by atoms with van der Waals surface area (Å²) in [5, 5.41) is 0.118. The van der Waals surface area contributed by atoms with E-state index in [2.05, 4.69) is 15.9 Å². The largest absolute Gasteiger partial charge is 0.490 e. The van der Waals surface area contributed by atoms with E-state index in [0.717, 1.165) is 22.2 Å². The number of carbonyl (C=O) groups is 3. The van der Waals surface area contributed by atoms with E-state index in [1.54, 1.807) is 37.3 Å². The molecule has 0 N–H and O–H groups in total. The lowest BCUT2D eigenvalue weighted by Gasteiger charge is -2.19. The lowest BCUT2D eigenvalue weighted by molar-refractivity contribution is -0.150. The number of benzene rings is 2. The van der Waals surface area contributed by atoms with Gasteiger partial charge in [-0.15, -0.1) is 0 Å². The summed E-state index contributed by atoms with van der Waals surface area (Å²) in [6, 6.07) is 9.80. The number of nitrogens with zero attached hydrogens (tertiary/aromatic N) is 1. The van der Waals surface area contributed by atoms with Crippen molar-refractivity contribution in [2.24, 2.45) is 0 Å². The normalized spacial score (nSPS) is 15.6. The number of esters is 1. The molecule has 0 aliphatic carbocycles. The van der Waals surface area contributed by atoms with E-state index in [1.807, 2.05) is 19.1 Å². The van der Waals surface area contributed by atoms with E-state index in [4.69, 9.17) is 25.8 Å². The molecule has 7 nitrogen and oxygen atoms in total. The van der Waals surface area contributed by atoms with Crippen LogP contribution in [0.1, 0.15) is 31.9 Å². The molecule has 0 unspecified atom stereocenters. The number of carbonyl (C=O) groups excluding carboxylic acids is 3. The second-order valence-electron chi connectivity index (χ2n) is 7.15. The maximum Gasteiger partial charge on any atom is 0.329 e. The first-order chi connectivity index (χ1) is 16.2. The van der Waals surface area contributed by atoms with Crippen LogP contribution in [0, 0.1) is 0 Å².